The van der Waals surface area contributed by atoms with Gasteiger partial charge in [0, 0.05) is 19.6 Å². The number of hydrogen-bond acceptors (Lipinski definition) is 4. The first-order valence-corrected chi connectivity index (χ1v) is 9.19. The molecule has 2 amide bonds. The van der Waals surface area contributed by atoms with Gasteiger partial charge in [-0.25, -0.2) is 0 Å². The average Bonchev–Trinajstić information content (AvgIpc) is 3.20. The Balaban J connectivity index is 0.00000243. The smallest absolute Gasteiger partial charge is 0.260 e. The van der Waals surface area contributed by atoms with E-state index in [9.17, 15) is 9.59 Å². The molecule has 2 N–H and O–H groups in total. The molecule has 26 heavy (non-hydrogen) atoms. The van der Waals surface area contributed by atoms with E-state index < -0.39 is 0 Å². The van der Waals surface area contributed by atoms with Crippen LogP contribution in [0.4, 0.5) is 0 Å². The third kappa shape index (κ3) is 5.88. The first kappa shape index (κ1) is 20.5. The molecule has 2 aliphatic heterocycles. The Morgan fingerprint density at radius 2 is 2.00 bits per heavy atom. The summed E-state index contributed by atoms with van der Waals surface area (Å²) >= 11 is 0. The summed E-state index contributed by atoms with van der Waals surface area (Å²) in [6.45, 7) is 3.08. The zero-order chi connectivity index (χ0) is 17.5. The molecule has 3 rings (SSSR count). The van der Waals surface area contributed by atoms with E-state index >= 15 is 0 Å². The lowest BCUT2D eigenvalue weighted by Crippen LogP contribution is -2.47. The average molecular weight is 382 g/mol. The van der Waals surface area contributed by atoms with E-state index in [-0.39, 0.29) is 36.9 Å². The molecule has 1 aromatic rings. The van der Waals surface area contributed by atoms with Gasteiger partial charge in [-0.05, 0) is 50.3 Å². The van der Waals surface area contributed by atoms with Gasteiger partial charge in [-0.2, -0.15) is 0 Å². The molecule has 2 heterocycles. The molecule has 7 heteroatoms. The van der Waals surface area contributed by atoms with Crippen molar-refractivity contribution in [1.29, 1.82) is 0 Å². The van der Waals surface area contributed by atoms with Crippen molar-refractivity contribution in [2.75, 3.05) is 32.8 Å². The summed E-state index contributed by atoms with van der Waals surface area (Å²) in [5, 5.41) is 6.25. The highest BCUT2D eigenvalue weighted by molar-refractivity contribution is 5.85. The largest absolute Gasteiger partial charge is 0.484 e. The lowest BCUT2D eigenvalue weighted by atomic mass is 9.97. The molecule has 0 spiro atoms. The van der Waals surface area contributed by atoms with Crippen molar-refractivity contribution in [2.24, 2.45) is 5.92 Å². The molecule has 2 atom stereocenters. The zero-order valence-corrected chi connectivity index (χ0v) is 15.8. The lowest BCUT2D eigenvalue weighted by Gasteiger charge is -2.33. The maximum absolute atomic E-state index is 12.4. The van der Waals surface area contributed by atoms with Crippen molar-refractivity contribution in [3.8, 4) is 5.75 Å². The van der Waals surface area contributed by atoms with Crippen molar-refractivity contribution in [1.82, 2.24) is 15.5 Å². The molecular weight excluding hydrogens is 354 g/mol. The van der Waals surface area contributed by atoms with Gasteiger partial charge in [0.05, 0.1) is 6.04 Å². The number of rotatable bonds is 6. The Morgan fingerprint density at radius 3 is 2.73 bits per heavy atom. The van der Waals surface area contributed by atoms with Gasteiger partial charge in [-0.15, -0.1) is 12.4 Å². The van der Waals surface area contributed by atoms with Crippen LogP contribution in [0.25, 0.3) is 0 Å². The van der Waals surface area contributed by atoms with Crippen LogP contribution in [-0.2, 0) is 9.59 Å². The number of piperidine rings is 1. The molecule has 1 aromatic carbocycles. The predicted molar refractivity (Wildman–Crippen MR) is 103 cm³/mol. The highest BCUT2D eigenvalue weighted by Gasteiger charge is 2.26. The summed E-state index contributed by atoms with van der Waals surface area (Å²) < 4.78 is 5.55. The summed E-state index contributed by atoms with van der Waals surface area (Å²) in [6.07, 6.45) is 3.99. The highest BCUT2D eigenvalue weighted by atomic mass is 35.5. The van der Waals surface area contributed by atoms with Gasteiger partial charge in [0.15, 0.2) is 6.61 Å². The van der Waals surface area contributed by atoms with Crippen LogP contribution >= 0.6 is 12.4 Å². The molecule has 2 saturated heterocycles. The minimum atomic E-state index is -0.0411. The van der Waals surface area contributed by atoms with E-state index in [1.807, 2.05) is 35.2 Å². The molecule has 6 nitrogen and oxygen atoms in total. The van der Waals surface area contributed by atoms with Crippen molar-refractivity contribution in [3.05, 3.63) is 30.3 Å². The number of ether oxygens (including phenoxy) is 1. The van der Waals surface area contributed by atoms with Crippen molar-refractivity contribution < 1.29 is 14.3 Å². The second kappa shape index (κ2) is 10.4. The van der Waals surface area contributed by atoms with Gasteiger partial charge in [0.1, 0.15) is 5.75 Å². The van der Waals surface area contributed by atoms with Gasteiger partial charge in [0.2, 0.25) is 5.91 Å². The van der Waals surface area contributed by atoms with E-state index in [2.05, 4.69) is 10.6 Å². The summed E-state index contributed by atoms with van der Waals surface area (Å²) in [5.41, 5.74) is 0. The Hall–Kier alpha value is -1.79. The topological polar surface area (TPSA) is 70.7 Å². The minimum absolute atomic E-state index is 0. The van der Waals surface area contributed by atoms with E-state index in [0.717, 1.165) is 38.8 Å². The molecule has 0 bridgehead atoms. The summed E-state index contributed by atoms with van der Waals surface area (Å²) in [6, 6.07) is 9.34. The second-order valence-electron chi connectivity index (χ2n) is 6.84. The minimum Gasteiger partial charge on any atom is -0.484 e. The molecule has 0 saturated carbocycles. The van der Waals surface area contributed by atoms with E-state index in [1.54, 1.807) is 0 Å². The van der Waals surface area contributed by atoms with Gasteiger partial charge in [-0.3, -0.25) is 9.59 Å². The van der Waals surface area contributed by atoms with Crippen LogP contribution in [0.3, 0.4) is 0 Å². The van der Waals surface area contributed by atoms with Crippen LogP contribution in [0.15, 0.2) is 30.3 Å². The quantitative estimate of drug-likeness (QED) is 0.785. The fraction of sp³-hybridized carbons (Fsp3) is 0.579. The van der Waals surface area contributed by atoms with Gasteiger partial charge < -0.3 is 20.3 Å². The zero-order valence-electron chi connectivity index (χ0n) is 15.0. The first-order chi connectivity index (χ1) is 12.2. The summed E-state index contributed by atoms with van der Waals surface area (Å²) in [5.74, 6) is 1.13. The Morgan fingerprint density at radius 1 is 1.19 bits per heavy atom. The molecule has 0 aromatic heterocycles. The van der Waals surface area contributed by atoms with Crippen LogP contribution in [0.2, 0.25) is 0 Å². The fourth-order valence-corrected chi connectivity index (χ4v) is 3.49. The number of benzene rings is 1. The van der Waals surface area contributed by atoms with E-state index in [0.29, 0.717) is 24.8 Å². The molecule has 0 aliphatic carbocycles. The van der Waals surface area contributed by atoms with Crippen LogP contribution in [0.5, 0.6) is 5.75 Å². The predicted octanol–water partition coefficient (Wildman–Crippen LogP) is 1.59. The Bertz CT molecular complexity index is 579. The highest BCUT2D eigenvalue weighted by Crippen LogP contribution is 2.17. The lowest BCUT2D eigenvalue weighted by molar-refractivity contribution is -0.135. The molecular formula is C19H28ClN3O3. The number of likely N-dealkylation sites (tertiary alicyclic amines) is 1. The monoisotopic (exact) mass is 381 g/mol. The summed E-state index contributed by atoms with van der Waals surface area (Å²) in [7, 11) is 0. The third-order valence-corrected chi connectivity index (χ3v) is 4.92. The maximum atomic E-state index is 12.4. The van der Waals surface area contributed by atoms with Crippen LogP contribution in [0.1, 0.15) is 25.7 Å². The van der Waals surface area contributed by atoms with Crippen molar-refractivity contribution in [2.45, 2.75) is 31.7 Å². The number of nitrogens with zero attached hydrogens (tertiary/aromatic N) is 1. The van der Waals surface area contributed by atoms with Gasteiger partial charge in [-0.1, -0.05) is 18.2 Å². The van der Waals surface area contributed by atoms with Crippen LogP contribution < -0.4 is 15.4 Å². The molecule has 144 valence electrons. The van der Waals surface area contributed by atoms with Gasteiger partial charge >= 0.3 is 0 Å². The number of hydrogen-bond donors (Lipinski definition) is 2. The van der Waals surface area contributed by atoms with E-state index in [4.69, 9.17) is 4.74 Å². The van der Waals surface area contributed by atoms with Crippen LogP contribution in [-0.4, -0.2) is 55.5 Å². The normalized spacial score (nSPS) is 22.4. The summed E-state index contributed by atoms with van der Waals surface area (Å²) in [4.78, 5) is 26.3. The Labute approximate surface area is 161 Å². The molecule has 2 aliphatic rings. The number of carbonyl (C=O) groups is 2. The maximum Gasteiger partial charge on any atom is 0.260 e. The molecule has 2 fully saturated rings. The number of nitrogens with one attached hydrogen (secondary N) is 2. The molecule has 0 radical (unpaired) electrons. The standard InChI is InChI=1S/C19H27N3O3.ClH/c23-18(14-25-16-7-2-1-3-8-16)22-11-5-6-15(13-22)12-21-19(24)17-9-4-10-20-17;/h1-3,7-8,15,17,20H,4-6,9-14H2,(H,21,24);1H. The van der Waals surface area contributed by atoms with Gasteiger partial charge in [0.25, 0.3) is 5.91 Å². The fourth-order valence-electron chi connectivity index (χ4n) is 3.49. The number of carbonyl (C=O) groups excluding carboxylic acids is 2. The third-order valence-electron chi connectivity index (χ3n) is 4.92. The van der Waals surface area contributed by atoms with Crippen molar-refractivity contribution in [3.63, 3.8) is 0 Å². The first-order valence-electron chi connectivity index (χ1n) is 9.19. The van der Waals surface area contributed by atoms with Crippen LogP contribution in [0, 0.1) is 5.92 Å². The van der Waals surface area contributed by atoms with Crippen molar-refractivity contribution >= 4 is 24.2 Å². The number of amides is 2. The number of para-hydroxylation sites is 1. The van der Waals surface area contributed by atoms with E-state index in [1.165, 1.54) is 0 Å². The SMILES string of the molecule is Cl.O=C(NCC1CCCN(C(=O)COc2ccccc2)C1)C1CCCN1. The number of halogens is 1. The molecule has 2 unspecified atom stereocenters. The second-order valence-corrected chi connectivity index (χ2v) is 6.84. The Kier molecular flexibility index (Phi) is 8.19.